The van der Waals surface area contributed by atoms with Crippen molar-refractivity contribution in [2.45, 2.75) is 6.55 Å². The Hall–Kier alpha value is 1.59. The van der Waals surface area contributed by atoms with Crippen LogP contribution >= 0.6 is 44.3 Å². The molecule has 0 aromatic rings. The highest BCUT2D eigenvalue weighted by Gasteiger charge is 2.33. The van der Waals surface area contributed by atoms with Gasteiger partial charge in [0.1, 0.15) is 0 Å². The van der Waals surface area contributed by atoms with E-state index in [4.69, 9.17) is 44.3 Å². The van der Waals surface area contributed by atoms with Gasteiger partial charge in [-0.25, -0.2) is 0 Å². The third kappa shape index (κ3) is 4.12. The molecule has 0 unspecified atom stereocenters. The fourth-order valence-corrected chi connectivity index (χ4v) is 0. The fourth-order valence-electron chi connectivity index (χ4n) is 0. The summed E-state index contributed by atoms with van der Waals surface area (Å²) in [4.78, 5) is 0. The second-order valence-electron chi connectivity index (χ2n) is 1.03. The molecule has 43 valence electrons. The summed E-state index contributed by atoms with van der Waals surface area (Å²) in [7, 11) is -1.14. The van der Waals surface area contributed by atoms with Crippen LogP contribution in [-0.4, -0.2) is 13.1 Å². The van der Waals surface area contributed by atoms with Gasteiger partial charge in [0.15, 0.2) is 0 Å². The molecular formula is CH3Cl4Si2. The zero-order valence-electron chi connectivity index (χ0n) is 3.51. The second-order valence-corrected chi connectivity index (χ2v) is 19.9. The minimum atomic E-state index is -2.45. The maximum Gasteiger partial charge on any atom is 0.340 e. The molecule has 0 fully saturated rings. The maximum absolute atomic E-state index is 5.52. The Balaban J connectivity index is 3.54. The highest BCUT2D eigenvalue weighted by atomic mass is 35.9. The zero-order chi connectivity index (χ0) is 6.08. The normalized spacial score (nSPS) is 12.9. The summed E-state index contributed by atoms with van der Waals surface area (Å²) in [5, 5.41) is 0. The highest BCUT2D eigenvalue weighted by molar-refractivity contribution is 7.90. The summed E-state index contributed by atoms with van der Waals surface area (Å²) in [6.07, 6.45) is 0. The molecule has 7 heavy (non-hydrogen) atoms. The highest BCUT2D eigenvalue weighted by Crippen LogP contribution is 2.24. The van der Waals surface area contributed by atoms with Crippen LogP contribution in [0.15, 0.2) is 0 Å². The van der Waals surface area contributed by atoms with Gasteiger partial charge < -0.3 is 0 Å². The van der Waals surface area contributed by atoms with Gasteiger partial charge in [-0.1, -0.05) is 6.55 Å². The minimum Gasteiger partial charge on any atom is -0.168 e. The van der Waals surface area contributed by atoms with Crippen LogP contribution in [0.1, 0.15) is 0 Å². The molecule has 0 saturated heterocycles. The van der Waals surface area contributed by atoms with E-state index in [1.807, 2.05) is 0 Å². The van der Waals surface area contributed by atoms with Crippen LogP contribution in [0.2, 0.25) is 6.55 Å². The van der Waals surface area contributed by atoms with Crippen LogP contribution < -0.4 is 0 Å². The summed E-state index contributed by atoms with van der Waals surface area (Å²) in [5.41, 5.74) is -2.45. The number of rotatable bonds is 1. The predicted octanol–water partition coefficient (Wildman–Crippen LogP) is 2.58. The Labute approximate surface area is 63.9 Å². The lowest BCUT2D eigenvalue weighted by Gasteiger charge is -2.04. The lowest BCUT2D eigenvalue weighted by molar-refractivity contribution is 2.33. The van der Waals surface area contributed by atoms with E-state index in [0.29, 0.717) is 0 Å². The smallest absolute Gasteiger partial charge is 0.168 e. The largest absolute Gasteiger partial charge is 0.340 e. The molecule has 0 rings (SSSR count). The third-order valence-electron chi connectivity index (χ3n) is 0.391. The Morgan fingerprint density at radius 3 is 1.43 bits per heavy atom. The molecule has 1 radical (unpaired) electrons. The van der Waals surface area contributed by atoms with Crippen molar-refractivity contribution in [3.8, 4) is 0 Å². The zero-order valence-corrected chi connectivity index (χ0v) is 8.54. The van der Waals surface area contributed by atoms with Crippen LogP contribution in [0.3, 0.4) is 0 Å². The van der Waals surface area contributed by atoms with Crippen molar-refractivity contribution in [3.63, 3.8) is 0 Å². The molecule has 0 nitrogen and oxygen atoms in total. The fraction of sp³-hybridized carbons (Fsp3) is 1.00. The monoisotopic (exact) mass is 211 g/mol. The van der Waals surface area contributed by atoms with E-state index in [1.54, 1.807) is 6.55 Å². The molecule has 0 bridgehead atoms. The van der Waals surface area contributed by atoms with Crippen molar-refractivity contribution >= 4 is 57.5 Å². The van der Waals surface area contributed by atoms with Gasteiger partial charge in [0.2, 0.25) is 7.62 Å². The van der Waals surface area contributed by atoms with Gasteiger partial charge >= 0.3 is 5.52 Å². The molecule has 0 atom stereocenters. The SMILES string of the molecule is C[Si](Cl)[Si](Cl)(Cl)Cl. The Morgan fingerprint density at radius 1 is 1.29 bits per heavy atom. The van der Waals surface area contributed by atoms with Crippen molar-refractivity contribution in [2.24, 2.45) is 0 Å². The molecule has 0 amide bonds. The summed E-state index contributed by atoms with van der Waals surface area (Å²) in [5.74, 6) is 0. The quantitative estimate of drug-likeness (QED) is 0.463. The lowest BCUT2D eigenvalue weighted by Crippen LogP contribution is -2.27. The Kier molecular flexibility index (Phi) is 3.61. The average molecular weight is 213 g/mol. The van der Waals surface area contributed by atoms with E-state index in [2.05, 4.69) is 0 Å². The van der Waals surface area contributed by atoms with E-state index in [-0.39, 0.29) is 0 Å². The summed E-state index contributed by atoms with van der Waals surface area (Å²) >= 11 is 21.9. The van der Waals surface area contributed by atoms with Crippen LogP contribution in [0.4, 0.5) is 0 Å². The van der Waals surface area contributed by atoms with Crippen molar-refractivity contribution in [1.82, 2.24) is 0 Å². The topological polar surface area (TPSA) is 0 Å². The first-order valence-corrected chi connectivity index (χ1v) is 10.6. The number of hydrogen-bond donors (Lipinski definition) is 0. The Bertz CT molecular complexity index is 55.2. The van der Waals surface area contributed by atoms with Crippen LogP contribution in [0.25, 0.3) is 0 Å². The molecule has 0 aliphatic heterocycles. The van der Waals surface area contributed by atoms with Gasteiger partial charge in [-0.2, -0.15) is 11.1 Å². The van der Waals surface area contributed by atoms with E-state index in [0.717, 1.165) is 0 Å². The van der Waals surface area contributed by atoms with E-state index in [1.165, 1.54) is 0 Å². The lowest BCUT2D eigenvalue weighted by atomic mass is 11.9. The Morgan fingerprint density at radius 2 is 1.43 bits per heavy atom. The van der Waals surface area contributed by atoms with Crippen molar-refractivity contribution < 1.29 is 0 Å². The van der Waals surface area contributed by atoms with Gasteiger partial charge in [0.05, 0.1) is 0 Å². The molecular weight excluding hydrogens is 210 g/mol. The van der Waals surface area contributed by atoms with E-state index >= 15 is 0 Å². The third-order valence-corrected chi connectivity index (χ3v) is 16.3. The first-order chi connectivity index (χ1) is 2.94. The molecule has 0 aromatic carbocycles. The summed E-state index contributed by atoms with van der Waals surface area (Å²) < 4.78 is 0. The molecule has 0 spiro atoms. The molecule has 0 saturated carbocycles. The number of halogens is 4. The van der Waals surface area contributed by atoms with E-state index in [9.17, 15) is 0 Å². The van der Waals surface area contributed by atoms with Gasteiger partial charge in [-0.3, -0.25) is 0 Å². The molecule has 0 aliphatic carbocycles. The first-order valence-electron chi connectivity index (χ1n) is 1.51. The maximum atomic E-state index is 5.52. The van der Waals surface area contributed by atoms with Gasteiger partial charge in [-0.15, -0.1) is 33.2 Å². The molecule has 0 aliphatic rings. The van der Waals surface area contributed by atoms with Crippen molar-refractivity contribution in [1.29, 1.82) is 0 Å². The minimum absolute atomic E-state index is 1.14. The van der Waals surface area contributed by atoms with Crippen molar-refractivity contribution in [3.05, 3.63) is 0 Å². The van der Waals surface area contributed by atoms with Crippen LogP contribution in [0.5, 0.6) is 0 Å². The van der Waals surface area contributed by atoms with Crippen molar-refractivity contribution in [2.75, 3.05) is 0 Å². The van der Waals surface area contributed by atoms with Gasteiger partial charge in [-0.05, 0) is 0 Å². The van der Waals surface area contributed by atoms with Crippen LogP contribution in [0, 0.1) is 0 Å². The summed E-state index contributed by atoms with van der Waals surface area (Å²) in [6.45, 7) is 1.78. The molecule has 6 heteroatoms. The number of hydrogen-bond acceptors (Lipinski definition) is 0. The van der Waals surface area contributed by atoms with Gasteiger partial charge in [0, 0.05) is 0 Å². The second kappa shape index (κ2) is 2.94. The molecule has 0 heterocycles. The molecule has 0 N–H and O–H groups in total. The standard InChI is InChI=1S/CH3Cl4Si2/c1-6(2)7(3,4)5/h1H3. The van der Waals surface area contributed by atoms with Gasteiger partial charge in [0.25, 0.3) is 0 Å². The summed E-state index contributed by atoms with van der Waals surface area (Å²) in [6, 6.07) is 0. The average Bonchev–Trinajstić information content (AvgIpc) is 1.31. The molecule has 0 aromatic heterocycles. The first kappa shape index (κ1) is 8.59. The predicted molar refractivity (Wildman–Crippen MR) is 40.8 cm³/mol. The van der Waals surface area contributed by atoms with Crippen LogP contribution in [-0.2, 0) is 0 Å². The van der Waals surface area contributed by atoms with E-state index < -0.39 is 13.1 Å².